The molecule has 0 spiro atoms. The standard InChI is InChI=1S/C22H20F3N3O3S/c1-4-32(30,31)19-13-27-20(22(23,24)25)11-17(19)21(29)28(3)18-12-26-10-9-16(18)15-8-6-5-7-14(15)2/h5-13H,4H2,1-3H3. The molecular weight excluding hydrogens is 443 g/mol. The number of anilines is 1. The van der Waals surface area contributed by atoms with Crippen molar-refractivity contribution >= 4 is 21.4 Å². The van der Waals surface area contributed by atoms with Crippen molar-refractivity contribution in [2.24, 2.45) is 0 Å². The van der Waals surface area contributed by atoms with Crippen LogP contribution >= 0.6 is 0 Å². The van der Waals surface area contributed by atoms with E-state index < -0.39 is 43.8 Å². The highest BCUT2D eigenvalue weighted by atomic mass is 32.2. The van der Waals surface area contributed by atoms with Gasteiger partial charge in [-0.3, -0.25) is 14.8 Å². The lowest BCUT2D eigenvalue weighted by Gasteiger charge is -2.22. The van der Waals surface area contributed by atoms with Gasteiger partial charge in [-0.25, -0.2) is 8.42 Å². The molecule has 2 aromatic heterocycles. The molecule has 0 aliphatic rings. The van der Waals surface area contributed by atoms with Gasteiger partial charge in [-0.15, -0.1) is 0 Å². The van der Waals surface area contributed by atoms with Crippen molar-refractivity contribution in [1.82, 2.24) is 9.97 Å². The molecule has 6 nitrogen and oxygen atoms in total. The lowest BCUT2D eigenvalue weighted by atomic mass is 9.99. The third-order valence-electron chi connectivity index (χ3n) is 5.00. The van der Waals surface area contributed by atoms with Crippen molar-refractivity contribution in [2.45, 2.75) is 24.9 Å². The number of aryl methyl sites for hydroxylation is 1. The van der Waals surface area contributed by atoms with Crippen LogP contribution in [0.2, 0.25) is 0 Å². The van der Waals surface area contributed by atoms with Crippen LogP contribution in [0.1, 0.15) is 28.5 Å². The highest BCUT2D eigenvalue weighted by Gasteiger charge is 2.36. The number of halogens is 3. The van der Waals surface area contributed by atoms with Crippen molar-refractivity contribution < 1.29 is 26.4 Å². The molecule has 0 saturated carbocycles. The fourth-order valence-corrected chi connectivity index (χ4v) is 4.22. The van der Waals surface area contributed by atoms with E-state index in [-0.39, 0.29) is 0 Å². The Hall–Kier alpha value is -3.27. The predicted octanol–water partition coefficient (Wildman–Crippen LogP) is 4.54. The number of sulfone groups is 1. The molecule has 0 N–H and O–H groups in total. The fourth-order valence-electron chi connectivity index (χ4n) is 3.21. The number of amides is 1. The van der Waals surface area contributed by atoms with Crippen molar-refractivity contribution in [1.29, 1.82) is 0 Å². The van der Waals surface area contributed by atoms with Gasteiger partial charge >= 0.3 is 6.18 Å². The zero-order valence-electron chi connectivity index (χ0n) is 17.5. The Labute approximate surface area is 183 Å². The van der Waals surface area contributed by atoms with Crippen LogP contribution in [-0.2, 0) is 16.0 Å². The second-order valence-electron chi connectivity index (χ2n) is 7.04. The average molecular weight is 463 g/mol. The summed E-state index contributed by atoms with van der Waals surface area (Å²) >= 11 is 0. The minimum Gasteiger partial charge on any atom is -0.309 e. The van der Waals surface area contributed by atoms with Crippen LogP contribution in [0.5, 0.6) is 0 Å². The predicted molar refractivity (Wildman–Crippen MR) is 114 cm³/mol. The molecule has 168 valence electrons. The molecule has 32 heavy (non-hydrogen) atoms. The monoisotopic (exact) mass is 463 g/mol. The lowest BCUT2D eigenvalue weighted by Crippen LogP contribution is -2.29. The Bertz CT molecular complexity index is 1270. The number of carbonyl (C=O) groups is 1. The summed E-state index contributed by atoms with van der Waals surface area (Å²) in [4.78, 5) is 21.1. The van der Waals surface area contributed by atoms with Crippen molar-refractivity contribution in [2.75, 3.05) is 17.7 Å². The summed E-state index contributed by atoms with van der Waals surface area (Å²) in [5, 5.41) is 0. The number of nitrogens with zero attached hydrogens (tertiary/aromatic N) is 3. The highest BCUT2D eigenvalue weighted by Crippen LogP contribution is 2.34. The van der Waals surface area contributed by atoms with Gasteiger partial charge in [-0.2, -0.15) is 13.2 Å². The molecular formula is C22H20F3N3O3S. The Balaban J connectivity index is 2.18. The van der Waals surface area contributed by atoms with Crippen LogP contribution < -0.4 is 4.90 Å². The van der Waals surface area contributed by atoms with Gasteiger partial charge in [0, 0.05) is 25.0 Å². The number of benzene rings is 1. The number of aromatic nitrogens is 2. The minimum atomic E-state index is -4.84. The van der Waals surface area contributed by atoms with Crippen molar-refractivity contribution in [3.63, 3.8) is 0 Å². The third kappa shape index (κ3) is 4.50. The minimum absolute atomic E-state index is 0.317. The number of alkyl halides is 3. The van der Waals surface area contributed by atoms with Crippen LogP contribution in [-0.4, -0.2) is 37.1 Å². The maximum Gasteiger partial charge on any atom is 0.433 e. The Morgan fingerprint density at radius 3 is 2.41 bits per heavy atom. The number of pyridine rings is 2. The van der Waals surface area contributed by atoms with E-state index in [1.165, 1.54) is 26.4 Å². The summed E-state index contributed by atoms with van der Waals surface area (Å²) in [6.45, 7) is 3.22. The molecule has 0 unspecified atom stereocenters. The van der Waals surface area contributed by atoms with Gasteiger partial charge in [-0.05, 0) is 30.2 Å². The fraction of sp³-hybridized carbons (Fsp3) is 0.227. The van der Waals surface area contributed by atoms with E-state index in [9.17, 15) is 26.4 Å². The van der Waals surface area contributed by atoms with E-state index in [4.69, 9.17) is 0 Å². The first-order valence-corrected chi connectivity index (χ1v) is 11.2. The summed E-state index contributed by atoms with van der Waals surface area (Å²) in [5.74, 6) is -1.32. The van der Waals surface area contributed by atoms with Gasteiger partial charge in [0.1, 0.15) is 5.69 Å². The van der Waals surface area contributed by atoms with Gasteiger partial charge < -0.3 is 4.90 Å². The van der Waals surface area contributed by atoms with E-state index in [1.807, 2.05) is 31.2 Å². The van der Waals surface area contributed by atoms with Crippen LogP contribution in [0.3, 0.4) is 0 Å². The van der Waals surface area contributed by atoms with Gasteiger partial charge in [0.15, 0.2) is 9.84 Å². The summed E-state index contributed by atoms with van der Waals surface area (Å²) in [6, 6.07) is 9.55. The Kier molecular flexibility index (Phi) is 6.36. The van der Waals surface area contributed by atoms with Crippen LogP contribution in [0, 0.1) is 6.92 Å². The maximum absolute atomic E-state index is 13.3. The first-order valence-electron chi connectivity index (χ1n) is 9.55. The molecule has 1 aromatic carbocycles. The van der Waals surface area contributed by atoms with Gasteiger partial charge in [0.25, 0.3) is 5.91 Å². The largest absolute Gasteiger partial charge is 0.433 e. The molecule has 0 saturated heterocycles. The number of carbonyl (C=O) groups excluding carboxylic acids is 1. The lowest BCUT2D eigenvalue weighted by molar-refractivity contribution is -0.141. The summed E-state index contributed by atoms with van der Waals surface area (Å²) in [7, 11) is -2.66. The molecule has 0 bridgehead atoms. The summed E-state index contributed by atoms with van der Waals surface area (Å²) in [6.07, 6.45) is -1.32. The van der Waals surface area contributed by atoms with E-state index in [0.29, 0.717) is 23.5 Å². The molecule has 2 heterocycles. The van der Waals surface area contributed by atoms with Gasteiger partial charge in [0.2, 0.25) is 0 Å². The van der Waals surface area contributed by atoms with E-state index in [2.05, 4.69) is 9.97 Å². The molecule has 0 atom stereocenters. The molecule has 10 heteroatoms. The van der Waals surface area contributed by atoms with Crippen LogP contribution in [0.25, 0.3) is 11.1 Å². The molecule has 0 fully saturated rings. The summed E-state index contributed by atoms with van der Waals surface area (Å²) < 4.78 is 64.7. The van der Waals surface area contributed by atoms with E-state index in [1.54, 1.807) is 6.07 Å². The summed E-state index contributed by atoms with van der Waals surface area (Å²) in [5.41, 5.74) is 0.705. The van der Waals surface area contributed by atoms with Gasteiger partial charge in [0.05, 0.1) is 28.1 Å². The van der Waals surface area contributed by atoms with Crippen molar-refractivity contribution in [3.05, 3.63) is 71.8 Å². The van der Waals surface area contributed by atoms with Crippen LogP contribution in [0.4, 0.5) is 18.9 Å². The zero-order valence-corrected chi connectivity index (χ0v) is 18.3. The normalized spacial score (nSPS) is 11.9. The number of hydrogen-bond donors (Lipinski definition) is 0. The first-order chi connectivity index (χ1) is 15.0. The smallest absolute Gasteiger partial charge is 0.309 e. The Morgan fingerprint density at radius 2 is 1.78 bits per heavy atom. The average Bonchev–Trinajstić information content (AvgIpc) is 2.77. The quantitative estimate of drug-likeness (QED) is 0.555. The third-order valence-corrected chi connectivity index (χ3v) is 6.76. The Morgan fingerprint density at radius 1 is 1.09 bits per heavy atom. The topological polar surface area (TPSA) is 80.2 Å². The molecule has 3 aromatic rings. The first kappa shape index (κ1) is 23.4. The molecule has 3 rings (SSSR count). The molecule has 1 amide bonds. The SMILES string of the molecule is CCS(=O)(=O)c1cnc(C(F)(F)F)cc1C(=O)N(C)c1cnccc1-c1ccccc1C. The maximum atomic E-state index is 13.3. The second-order valence-corrected chi connectivity index (χ2v) is 9.29. The van der Waals surface area contributed by atoms with Crippen molar-refractivity contribution in [3.8, 4) is 11.1 Å². The highest BCUT2D eigenvalue weighted by molar-refractivity contribution is 7.91. The number of rotatable bonds is 5. The molecule has 0 aliphatic heterocycles. The van der Waals surface area contributed by atoms with E-state index >= 15 is 0 Å². The molecule has 0 radical (unpaired) electrons. The zero-order chi connectivity index (χ0) is 23.7. The van der Waals surface area contributed by atoms with Gasteiger partial charge in [-0.1, -0.05) is 31.2 Å². The second kappa shape index (κ2) is 8.70. The van der Waals surface area contributed by atoms with Crippen LogP contribution in [0.15, 0.2) is 59.9 Å². The number of hydrogen-bond acceptors (Lipinski definition) is 5. The van der Waals surface area contributed by atoms with E-state index in [0.717, 1.165) is 16.0 Å². The molecule has 0 aliphatic carbocycles.